The van der Waals surface area contributed by atoms with Crippen LogP contribution in [0.15, 0.2) is 18.2 Å². The molecule has 3 nitrogen and oxygen atoms in total. The van der Waals surface area contributed by atoms with Crippen molar-refractivity contribution in [2.75, 3.05) is 11.9 Å². The largest absolute Gasteiger partial charge is 0.504 e. The Bertz CT molecular complexity index is 372. The highest BCUT2D eigenvalue weighted by Crippen LogP contribution is 2.46. The molecule has 1 aromatic rings. The summed E-state index contributed by atoms with van der Waals surface area (Å²) in [4.78, 5) is 0. The predicted molar refractivity (Wildman–Crippen MR) is 53.8 cm³/mol. The Hall–Kier alpha value is -1.38. The zero-order chi connectivity index (χ0) is 9.60. The quantitative estimate of drug-likeness (QED) is 0.660. The molecule has 3 heteroatoms. The van der Waals surface area contributed by atoms with Gasteiger partial charge in [-0.15, -0.1) is 0 Å². The van der Waals surface area contributed by atoms with Gasteiger partial charge in [-0.25, -0.2) is 0 Å². The topological polar surface area (TPSA) is 41.5 Å². The summed E-state index contributed by atoms with van der Waals surface area (Å²) in [6.45, 7) is 0.865. The van der Waals surface area contributed by atoms with Crippen LogP contribution in [0.5, 0.6) is 11.5 Å². The van der Waals surface area contributed by atoms with E-state index in [1.807, 2.05) is 12.1 Å². The number of phenolic OH excluding ortho intramolecular Hbond substituents is 1. The van der Waals surface area contributed by atoms with Gasteiger partial charge in [-0.05, 0) is 31.4 Å². The molecule has 0 amide bonds. The van der Waals surface area contributed by atoms with Crippen LogP contribution in [0.3, 0.4) is 0 Å². The van der Waals surface area contributed by atoms with Crippen molar-refractivity contribution < 1.29 is 9.84 Å². The fraction of sp³-hybridized carbons (Fsp3) is 0.455. The van der Waals surface area contributed by atoms with E-state index in [4.69, 9.17) is 4.74 Å². The lowest BCUT2D eigenvalue weighted by molar-refractivity contribution is -0.00189. The molecule has 1 aliphatic carbocycles. The summed E-state index contributed by atoms with van der Waals surface area (Å²) in [5, 5.41) is 13.0. The van der Waals surface area contributed by atoms with Crippen LogP contribution < -0.4 is 10.1 Å². The van der Waals surface area contributed by atoms with Crippen LogP contribution in [-0.2, 0) is 0 Å². The second-order valence-corrected chi connectivity index (χ2v) is 4.15. The second-order valence-electron chi connectivity index (χ2n) is 4.15. The Morgan fingerprint density at radius 1 is 1.36 bits per heavy atom. The number of rotatable bonds is 0. The lowest BCUT2D eigenvalue weighted by atomic mass is 9.79. The highest BCUT2D eigenvalue weighted by atomic mass is 16.5. The van der Waals surface area contributed by atoms with Crippen LogP contribution in [0.2, 0.25) is 0 Å². The number of ether oxygens (including phenoxy) is 1. The Morgan fingerprint density at radius 3 is 2.93 bits per heavy atom. The molecule has 2 N–H and O–H groups in total. The van der Waals surface area contributed by atoms with E-state index in [2.05, 4.69) is 5.32 Å². The molecule has 1 aromatic carbocycles. The first kappa shape index (κ1) is 7.97. The van der Waals surface area contributed by atoms with E-state index in [9.17, 15) is 5.11 Å². The van der Waals surface area contributed by atoms with Crippen molar-refractivity contribution in [3.05, 3.63) is 18.2 Å². The number of aromatic hydroxyl groups is 1. The van der Waals surface area contributed by atoms with Crippen LogP contribution in [0.25, 0.3) is 0 Å². The van der Waals surface area contributed by atoms with Crippen molar-refractivity contribution in [1.82, 2.24) is 0 Å². The van der Waals surface area contributed by atoms with Gasteiger partial charge in [-0.3, -0.25) is 0 Å². The predicted octanol–water partition coefficient (Wildman–Crippen LogP) is 2.12. The molecule has 0 bridgehead atoms. The maximum absolute atomic E-state index is 9.64. The molecule has 3 rings (SSSR count). The molecule has 0 radical (unpaired) electrons. The summed E-state index contributed by atoms with van der Waals surface area (Å²) < 4.78 is 5.87. The number of hydrogen-bond acceptors (Lipinski definition) is 3. The molecule has 1 spiro atoms. The van der Waals surface area contributed by atoms with Crippen molar-refractivity contribution in [2.24, 2.45) is 0 Å². The van der Waals surface area contributed by atoms with Crippen LogP contribution >= 0.6 is 0 Å². The molecule has 0 saturated heterocycles. The van der Waals surface area contributed by atoms with Crippen molar-refractivity contribution in [2.45, 2.75) is 24.9 Å². The Labute approximate surface area is 82.7 Å². The van der Waals surface area contributed by atoms with Crippen molar-refractivity contribution >= 4 is 5.69 Å². The van der Waals surface area contributed by atoms with Gasteiger partial charge < -0.3 is 15.2 Å². The first-order valence-electron chi connectivity index (χ1n) is 5.04. The fourth-order valence-corrected chi connectivity index (χ4v) is 2.13. The highest BCUT2D eigenvalue weighted by molar-refractivity contribution is 5.64. The average molecular weight is 191 g/mol. The number of benzene rings is 1. The van der Waals surface area contributed by atoms with E-state index in [-0.39, 0.29) is 11.4 Å². The minimum absolute atomic E-state index is 0.0359. The SMILES string of the molecule is Oc1cccc2c1OC1(CCC1)CN2. The Kier molecular flexibility index (Phi) is 1.46. The van der Waals surface area contributed by atoms with Crippen LogP contribution in [0.1, 0.15) is 19.3 Å². The number of fused-ring (bicyclic) bond motifs is 1. The summed E-state index contributed by atoms with van der Waals surface area (Å²) >= 11 is 0. The third-order valence-corrected chi connectivity index (χ3v) is 3.18. The van der Waals surface area contributed by atoms with Crippen molar-refractivity contribution in [3.8, 4) is 11.5 Å². The van der Waals surface area contributed by atoms with E-state index >= 15 is 0 Å². The van der Waals surface area contributed by atoms with Gasteiger partial charge >= 0.3 is 0 Å². The molecular weight excluding hydrogens is 178 g/mol. The average Bonchev–Trinajstić information content (AvgIpc) is 2.16. The monoisotopic (exact) mass is 191 g/mol. The molecule has 74 valence electrons. The van der Waals surface area contributed by atoms with Gasteiger partial charge in [0.1, 0.15) is 5.60 Å². The lowest BCUT2D eigenvalue weighted by Gasteiger charge is -2.45. The molecule has 1 aliphatic heterocycles. The zero-order valence-electron chi connectivity index (χ0n) is 7.92. The van der Waals surface area contributed by atoms with Crippen LogP contribution in [0, 0.1) is 0 Å². The molecule has 0 atom stereocenters. The normalized spacial score (nSPS) is 21.7. The number of hydrogen-bond donors (Lipinski definition) is 2. The number of nitrogens with one attached hydrogen (secondary N) is 1. The number of phenols is 1. The minimum Gasteiger partial charge on any atom is -0.504 e. The molecule has 1 saturated carbocycles. The molecule has 1 heterocycles. The molecule has 1 fully saturated rings. The van der Waals surface area contributed by atoms with E-state index in [1.165, 1.54) is 6.42 Å². The fourth-order valence-electron chi connectivity index (χ4n) is 2.13. The van der Waals surface area contributed by atoms with Gasteiger partial charge in [0, 0.05) is 0 Å². The summed E-state index contributed by atoms with van der Waals surface area (Å²) in [7, 11) is 0. The maximum atomic E-state index is 9.64. The van der Waals surface area contributed by atoms with Crippen molar-refractivity contribution in [3.63, 3.8) is 0 Å². The van der Waals surface area contributed by atoms with Gasteiger partial charge in [0.25, 0.3) is 0 Å². The summed E-state index contributed by atoms with van der Waals surface area (Å²) in [5.74, 6) is 0.861. The van der Waals surface area contributed by atoms with Crippen LogP contribution in [0.4, 0.5) is 5.69 Å². The molecule has 0 unspecified atom stereocenters. The number of para-hydroxylation sites is 1. The first-order valence-corrected chi connectivity index (χ1v) is 5.04. The first-order chi connectivity index (χ1) is 6.79. The summed E-state index contributed by atoms with van der Waals surface area (Å²) in [6, 6.07) is 5.42. The van der Waals surface area contributed by atoms with Crippen LogP contribution in [-0.4, -0.2) is 17.3 Å². The maximum Gasteiger partial charge on any atom is 0.184 e. The smallest absolute Gasteiger partial charge is 0.184 e. The van der Waals surface area contributed by atoms with E-state index in [1.54, 1.807) is 6.07 Å². The van der Waals surface area contributed by atoms with E-state index in [0.717, 1.165) is 25.1 Å². The second kappa shape index (κ2) is 2.56. The van der Waals surface area contributed by atoms with Gasteiger partial charge in [0.05, 0.1) is 12.2 Å². The standard InChI is InChI=1S/C11H13NO2/c13-9-4-1-3-8-10(9)14-11(7-12-8)5-2-6-11/h1,3-4,12-13H,2,5-7H2. The highest BCUT2D eigenvalue weighted by Gasteiger charge is 2.42. The Morgan fingerprint density at radius 2 is 2.21 bits per heavy atom. The third kappa shape index (κ3) is 0.983. The van der Waals surface area contributed by atoms with Gasteiger partial charge in [-0.1, -0.05) is 6.07 Å². The lowest BCUT2D eigenvalue weighted by Crippen LogP contribution is -2.51. The zero-order valence-corrected chi connectivity index (χ0v) is 7.92. The van der Waals surface area contributed by atoms with Gasteiger partial charge in [0.15, 0.2) is 11.5 Å². The third-order valence-electron chi connectivity index (χ3n) is 3.18. The summed E-state index contributed by atoms with van der Waals surface area (Å²) in [5.41, 5.74) is 0.869. The van der Waals surface area contributed by atoms with Gasteiger partial charge in [-0.2, -0.15) is 0 Å². The Balaban J connectivity index is 2.00. The molecule has 0 aromatic heterocycles. The van der Waals surface area contributed by atoms with Gasteiger partial charge in [0.2, 0.25) is 0 Å². The summed E-state index contributed by atoms with van der Waals surface area (Å²) in [6.07, 6.45) is 3.41. The van der Waals surface area contributed by atoms with E-state index in [0.29, 0.717) is 5.75 Å². The molecule has 14 heavy (non-hydrogen) atoms. The molecule has 2 aliphatic rings. The molecular formula is C11H13NO2. The number of anilines is 1. The van der Waals surface area contributed by atoms with Crippen molar-refractivity contribution in [1.29, 1.82) is 0 Å². The van der Waals surface area contributed by atoms with E-state index < -0.39 is 0 Å². The minimum atomic E-state index is -0.0359.